The van der Waals surface area contributed by atoms with E-state index in [1.54, 1.807) is 0 Å². The number of rotatable bonds is 2. The quantitative estimate of drug-likeness (QED) is 0.253. The number of hydrogen-bond acceptors (Lipinski definition) is 7. The summed E-state index contributed by atoms with van der Waals surface area (Å²) in [6.07, 6.45) is -4.37. The van der Waals surface area contributed by atoms with Crippen LogP contribution in [0.4, 0.5) is 18.0 Å². The van der Waals surface area contributed by atoms with Gasteiger partial charge in [0, 0.05) is 0 Å². The van der Waals surface area contributed by atoms with Crippen LogP contribution >= 0.6 is 7.91 Å². The van der Waals surface area contributed by atoms with Crippen molar-refractivity contribution in [3.63, 3.8) is 0 Å². The van der Waals surface area contributed by atoms with Crippen LogP contribution in [0, 0.1) is 0 Å². The first-order valence-corrected chi connectivity index (χ1v) is 4.83. The Morgan fingerprint density at radius 1 is 1.67 bits per heavy atom. The molecule has 86 valence electrons. The zero-order chi connectivity index (χ0) is 11.6. The molecule has 1 saturated heterocycles. The van der Waals surface area contributed by atoms with E-state index in [1.807, 2.05) is 0 Å². The zero-order valence-corrected chi connectivity index (χ0v) is 7.86. The number of nitrogens with two attached hydrogens (primary N) is 1. The highest BCUT2D eigenvalue weighted by Crippen LogP contribution is 2.51. The monoisotopic (exact) mass is 246 g/mol. The van der Waals surface area contributed by atoms with Gasteiger partial charge in [0.25, 0.3) is 6.29 Å². The van der Waals surface area contributed by atoms with Crippen molar-refractivity contribution in [3.05, 3.63) is 0 Å². The van der Waals surface area contributed by atoms with Crippen LogP contribution in [0.2, 0.25) is 0 Å². The molecule has 1 atom stereocenters. The fraction of sp³-hybridized carbons (Fsp3) is 0.500. The Balaban J connectivity index is 2.49. The van der Waals surface area contributed by atoms with Gasteiger partial charge in [-0.2, -0.15) is 0 Å². The molecule has 0 spiro atoms. The summed E-state index contributed by atoms with van der Waals surface area (Å²) in [5, 5.41) is 0. The Bertz CT molecular complexity index is 331. The third-order valence-electron chi connectivity index (χ3n) is 1.24. The molecule has 1 aliphatic rings. The van der Waals surface area contributed by atoms with Gasteiger partial charge in [-0.3, -0.25) is 0 Å². The molecule has 0 radical (unpaired) electrons. The molecule has 15 heavy (non-hydrogen) atoms. The molecule has 11 heteroatoms. The van der Waals surface area contributed by atoms with Gasteiger partial charge in [-0.1, -0.05) is 0 Å². The van der Waals surface area contributed by atoms with Crippen LogP contribution in [0.3, 0.4) is 0 Å². The Labute approximate surface area is 81.5 Å². The minimum atomic E-state index is -5.93. The molecule has 0 saturated carbocycles. The summed E-state index contributed by atoms with van der Waals surface area (Å²) in [7, 11) is -5.93. The number of amides is 1. The minimum Gasteiger partial charge on any atom is -0.426 e. The molecule has 0 aromatic rings. The molecule has 1 amide bonds. The average Bonchev–Trinajstić information content (AvgIpc) is 2.48. The van der Waals surface area contributed by atoms with Gasteiger partial charge >= 0.3 is 20.2 Å². The number of hydrazine groups is 1. The summed E-state index contributed by atoms with van der Waals surface area (Å²) in [5.41, 5.74) is 0. The molecule has 8 nitrogen and oxygen atoms in total. The molecular weight excluding hydrogens is 241 g/mol. The first-order valence-electron chi connectivity index (χ1n) is 3.39. The summed E-state index contributed by atoms with van der Waals surface area (Å²) < 4.78 is 45.7. The van der Waals surface area contributed by atoms with Gasteiger partial charge < -0.3 is 14.2 Å². The number of carbonyl (C=O) groups excluding carboxylic acids is 2. The third-order valence-corrected chi connectivity index (χ3v) is 1.90. The number of ether oxygens (including phenoxy) is 3. The zero-order valence-electron chi connectivity index (χ0n) is 6.96. The Morgan fingerprint density at radius 3 is 2.67 bits per heavy atom. The number of cyclic esters (lactones) is 2. The Hall–Kier alpha value is -1.41. The first kappa shape index (κ1) is 11.7. The van der Waals surface area contributed by atoms with Gasteiger partial charge in [0.15, 0.2) is 6.61 Å². The molecule has 1 unspecified atom stereocenters. The average molecular weight is 246 g/mol. The van der Waals surface area contributed by atoms with Crippen LogP contribution in [-0.4, -0.2) is 29.9 Å². The minimum absolute atomic E-state index is 0.443. The normalized spacial score (nSPS) is 20.5. The number of nitrogens with zero attached hydrogens (tertiary/aromatic N) is 1. The number of hydrogen-bond donors (Lipinski definition) is 1. The predicted molar refractivity (Wildman–Crippen MR) is 38.6 cm³/mol. The van der Waals surface area contributed by atoms with Gasteiger partial charge in [0.2, 0.25) is 0 Å². The second-order valence-electron chi connectivity index (χ2n) is 2.27. The van der Waals surface area contributed by atoms with E-state index in [-0.39, 0.29) is 0 Å². The van der Waals surface area contributed by atoms with Gasteiger partial charge in [-0.15, -0.1) is 13.2 Å². The van der Waals surface area contributed by atoms with Crippen molar-refractivity contribution >= 4 is 20.2 Å². The van der Waals surface area contributed by atoms with Gasteiger partial charge in [-0.25, -0.2) is 20.0 Å². The highest BCUT2D eigenvalue weighted by atomic mass is 31.2. The van der Waals surface area contributed by atoms with Gasteiger partial charge in [-0.05, 0) is 0 Å². The van der Waals surface area contributed by atoms with Crippen LogP contribution in [0.5, 0.6) is 0 Å². The van der Waals surface area contributed by atoms with E-state index in [2.05, 4.69) is 20.1 Å². The van der Waals surface area contributed by atoms with Crippen LogP contribution in [0.25, 0.3) is 0 Å². The summed E-state index contributed by atoms with van der Waals surface area (Å²) >= 11 is 0. The topological polar surface area (TPSA) is 108 Å². The van der Waals surface area contributed by atoms with Gasteiger partial charge in [0.05, 0.1) is 0 Å². The second-order valence-corrected chi connectivity index (χ2v) is 3.57. The van der Waals surface area contributed by atoms with Crippen LogP contribution in [0.1, 0.15) is 0 Å². The van der Waals surface area contributed by atoms with Crippen molar-refractivity contribution in [3.8, 4) is 0 Å². The molecule has 1 rings (SSSR count). The first-order chi connectivity index (χ1) is 6.80. The maximum Gasteiger partial charge on any atom is 0.530 e. The van der Waals surface area contributed by atoms with E-state index >= 15 is 0 Å². The lowest BCUT2D eigenvalue weighted by atomic mass is 10.7. The lowest BCUT2D eigenvalue weighted by Crippen LogP contribution is -2.36. The van der Waals surface area contributed by atoms with Crippen molar-refractivity contribution in [2.45, 2.75) is 6.29 Å². The molecule has 0 bridgehead atoms. The van der Waals surface area contributed by atoms with Crippen LogP contribution in [0.15, 0.2) is 0 Å². The van der Waals surface area contributed by atoms with E-state index in [0.29, 0.717) is 0 Å². The van der Waals surface area contributed by atoms with Crippen molar-refractivity contribution in [1.29, 1.82) is 0 Å². The lowest BCUT2D eigenvalue weighted by molar-refractivity contribution is -0.0383. The second kappa shape index (κ2) is 3.99. The molecule has 1 aliphatic heterocycles. The fourth-order valence-corrected chi connectivity index (χ4v) is 0.868. The van der Waals surface area contributed by atoms with Crippen LogP contribution < -0.4 is 5.84 Å². The lowest BCUT2D eigenvalue weighted by Gasteiger charge is -2.15. The Kier molecular flexibility index (Phi) is 3.10. The van der Waals surface area contributed by atoms with E-state index in [9.17, 15) is 22.5 Å². The molecule has 1 heterocycles. The molecular formula is C4H5F2N2O6P. The van der Waals surface area contributed by atoms with Crippen LogP contribution in [-0.2, 0) is 18.8 Å². The highest BCUT2D eigenvalue weighted by molar-refractivity contribution is 7.51. The van der Waals surface area contributed by atoms with Gasteiger partial charge in [0.1, 0.15) is 0 Å². The predicted octanol–water partition coefficient (Wildman–Crippen LogP) is 0.839. The van der Waals surface area contributed by atoms with E-state index < -0.39 is 37.8 Å². The number of carbonyl (C=O) groups is 2. The SMILES string of the molecule is NN(C(=O)OC1COC(=O)O1)P(=O)(F)F. The fourth-order valence-electron chi connectivity index (χ4n) is 0.631. The summed E-state index contributed by atoms with van der Waals surface area (Å²) in [6, 6.07) is 0. The maximum absolute atomic E-state index is 12.0. The summed E-state index contributed by atoms with van der Waals surface area (Å²) in [4.78, 5) is 21.1. The van der Waals surface area contributed by atoms with Crippen molar-refractivity contribution < 1.29 is 36.8 Å². The summed E-state index contributed by atoms with van der Waals surface area (Å²) in [6.45, 7) is -0.443. The smallest absolute Gasteiger partial charge is 0.426 e. The third kappa shape index (κ3) is 3.03. The van der Waals surface area contributed by atoms with Crippen molar-refractivity contribution in [2.75, 3.05) is 6.61 Å². The summed E-state index contributed by atoms with van der Waals surface area (Å²) in [5.74, 6) is 4.47. The highest BCUT2D eigenvalue weighted by Gasteiger charge is 2.37. The number of halogens is 2. The largest absolute Gasteiger partial charge is 0.530 e. The van der Waals surface area contributed by atoms with E-state index in [1.165, 1.54) is 0 Å². The molecule has 0 aromatic carbocycles. The molecule has 0 aliphatic carbocycles. The van der Waals surface area contributed by atoms with E-state index in [4.69, 9.17) is 0 Å². The van der Waals surface area contributed by atoms with Crippen molar-refractivity contribution in [1.82, 2.24) is 4.78 Å². The maximum atomic E-state index is 12.0. The standard InChI is InChI=1S/C4H5F2N2O6P/c5-15(6,11)8(7)3(9)13-2-1-12-4(10)14-2/h2H,1,7H2. The molecule has 0 aromatic heterocycles. The van der Waals surface area contributed by atoms with E-state index in [0.717, 1.165) is 0 Å². The Morgan fingerprint density at radius 2 is 2.27 bits per heavy atom. The molecule has 2 N–H and O–H groups in total. The van der Waals surface area contributed by atoms with Crippen molar-refractivity contribution in [2.24, 2.45) is 5.84 Å². The molecule has 1 fully saturated rings.